The van der Waals surface area contributed by atoms with E-state index in [1.807, 2.05) is 27.7 Å². The first kappa shape index (κ1) is 28.8. The van der Waals surface area contributed by atoms with Crippen molar-refractivity contribution in [2.24, 2.45) is 0 Å². The second kappa shape index (κ2) is 12.2. The number of rotatable bonds is 10. The third-order valence-corrected chi connectivity index (χ3v) is 8.04. The van der Waals surface area contributed by atoms with Crippen LogP contribution >= 0.6 is 0 Å². The van der Waals surface area contributed by atoms with Crippen LogP contribution in [0, 0.1) is 19.7 Å². The van der Waals surface area contributed by atoms with Crippen LogP contribution in [0.5, 0.6) is 0 Å². The van der Waals surface area contributed by atoms with E-state index in [0.717, 1.165) is 15.4 Å². The Kier molecular flexibility index (Phi) is 9.27. The van der Waals surface area contributed by atoms with Crippen molar-refractivity contribution >= 4 is 27.5 Å². The number of nitrogens with one attached hydrogen (secondary N) is 1. The fourth-order valence-corrected chi connectivity index (χ4v) is 5.33. The molecule has 0 fully saturated rings. The van der Waals surface area contributed by atoms with Gasteiger partial charge in [-0.1, -0.05) is 36.4 Å². The topological polar surface area (TPSA) is 86.8 Å². The number of aryl methyl sites for hydroxylation is 2. The number of hydrogen-bond donors (Lipinski definition) is 1. The summed E-state index contributed by atoms with van der Waals surface area (Å²) in [6, 6.07) is 17.6. The molecule has 202 valence electrons. The predicted octanol–water partition coefficient (Wildman–Crippen LogP) is 4.58. The maximum atomic E-state index is 13.8. The lowest BCUT2D eigenvalue weighted by molar-refractivity contribution is -0.139. The lowest BCUT2D eigenvalue weighted by atomic mass is 10.1. The number of halogens is 1. The number of benzene rings is 3. The lowest BCUT2D eigenvalue weighted by Gasteiger charge is -2.32. The van der Waals surface area contributed by atoms with Gasteiger partial charge in [0.05, 0.1) is 10.6 Å². The van der Waals surface area contributed by atoms with Gasteiger partial charge in [-0.15, -0.1) is 0 Å². The molecule has 0 radical (unpaired) electrons. The van der Waals surface area contributed by atoms with Crippen molar-refractivity contribution in [2.45, 2.75) is 58.1 Å². The van der Waals surface area contributed by atoms with E-state index < -0.39 is 34.3 Å². The molecular weight excluding hydrogens is 505 g/mol. The Morgan fingerprint density at radius 3 is 2.11 bits per heavy atom. The van der Waals surface area contributed by atoms with E-state index in [9.17, 15) is 22.4 Å². The standard InChI is InChI=1S/C29H34FN3O4S/c1-20(2)31-29(35)23(5)32(18-24-12-14-25(30)15-13-24)28(34)19-33(26-16-11-21(3)22(4)17-26)38(36,37)27-9-7-6-8-10-27/h6-17,20,23H,18-19H2,1-5H3,(H,31,35)/t23-/m1/s1. The summed E-state index contributed by atoms with van der Waals surface area (Å²) in [6.07, 6.45) is 0. The van der Waals surface area contributed by atoms with Gasteiger partial charge >= 0.3 is 0 Å². The Hall–Kier alpha value is -3.72. The highest BCUT2D eigenvalue weighted by molar-refractivity contribution is 7.92. The van der Waals surface area contributed by atoms with Gasteiger partial charge in [0.1, 0.15) is 18.4 Å². The largest absolute Gasteiger partial charge is 0.352 e. The van der Waals surface area contributed by atoms with Crippen molar-refractivity contribution in [1.29, 1.82) is 0 Å². The van der Waals surface area contributed by atoms with E-state index in [1.165, 1.54) is 41.3 Å². The van der Waals surface area contributed by atoms with E-state index in [2.05, 4.69) is 5.32 Å². The van der Waals surface area contributed by atoms with Crippen LogP contribution in [0.25, 0.3) is 0 Å². The van der Waals surface area contributed by atoms with Gasteiger partial charge in [-0.05, 0) is 87.7 Å². The van der Waals surface area contributed by atoms with Crippen LogP contribution in [0.1, 0.15) is 37.5 Å². The maximum Gasteiger partial charge on any atom is 0.264 e. The molecule has 0 heterocycles. The molecule has 0 saturated carbocycles. The Morgan fingerprint density at radius 2 is 1.53 bits per heavy atom. The highest BCUT2D eigenvalue weighted by atomic mass is 32.2. The van der Waals surface area contributed by atoms with E-state index in [-0.39, 0.29) is 23.4 Å². The molecule has 0 aliphatic carbocycles. The van der Waals surface area contributed by atoms with Gasteiger partial charge in [-0.3, -0.25) is 13.9 Å². The normalized spacial score (nSPS) is 12.2. The smallest absolute Gasteiger partial charge is 0.264 e. The van der Waals surface area contributed by atoms with Crippen LogP contribution in [0.15, 0.2) is 77.7 Å². The summed E-state index contributed by atoms with van der Waals surface area (Å²) in [4.78, 5) is 28.1. The average molecular weight is 540 g/mol. The molecule has 0 spiro atoms. The van der Waals surface area contributed by atoms with Gasteiger partial charge < -0.3 is 10.2 Å². The molecule has 2 amide bonds. The van der Waals surface area contributed by atoms with Crippen molar-refractivity contribution in [1.82, 2.24) is 10.2 Å². The monoisotopic (exact) mass is 539 g/mol. The minimum atomic E-state index is -4.12. The Bertz CT molecular complexity index is 1380. The summed E-state index contributed by atoms with van der Waals surface area (Å²) in [5.41, 5.74) is 2.80. The Balaban J connectivity index is 2.04. The molecule has 0 aliphatic heterocycles. The van der Waals surface area contributed by atoms with Crippen molar-refractivity contribution in [3.05, 3.63) is 95.3 Å². The second-order valence-corrected chi connectivity index (χ2v) is 11.4. The average Bonchev–Trinajstić information content (AvgIpc) is 2.88. The van der Waals surface area contributed by atoms with Crippen molar-refractivity contribution in [2.75, 3.05) is 10.8 Å². The van der Waals surface area contributed by atoms with Crippen molar-refractivity contribution < 1.29 is 22.4 Å². The highest BCUT2D eigenvalue weighted by Gasteiger charge is 2.32. The number of carbonyl (C=O) groups excluding carboxylic acids is 2. The summed E-state index contributed by atoms with van der Waals surface area (Å²) in [5.74, 6) is -1.37. The molecular formula is C29H34FN3O4S. The third kappa shape index (κ3) is 6.98. The van der Waals surface area contributed by atoms with E-state index >= 15 is 0 Å². The summed E-state index contributed by atoms with van der Waals surface area (Å²) in [6.45, 7) is 8.46. The fraction of sp³-hybridized carbons (Fsp3) is 0.310. The molecule has 0 aliphatic rings. The van der Waals surface area contributed by atoms with Gasteiger partial charge in [0, 0.05) is 12.6 Å². The van der Waals surface area contributed by atoms with Gasteiger partial charge in [0.2, 0.25) is 11.8 Å². The van der Waals surface area contributed by atoms with Crippen LogP contribution in [0.2, 0.25) is 0 Å². The zero-order valence-electron chi connectivity index (χ0n) is 22.3. The number of amides is 2. The highest BCUT2D eigenvalue weighted by Crippen LogP contribution is 2.26. The van der Waals surface area contributed by atoms with E-state index in [1.54, 1.807) is 43.3 Å². The second-order valence-electron chi connectivity index (χ2n) is 9.58. The number of sulfonamides is 1. The number of anilines is 1. The molecule has 7 nitrogen and oxygen atoms in total. The molecule has 3 aromatic rings. The van der Waals surface area contributed by atoms with E-state index in [0.29, 0.717) is 11.3 Å². The van der Waals surface area contributed by atoms with Crippen LogP contribution in [0.3, 0.4) is 0 Å². The van der Waals surface area contributed by atoms with Crippen LogP contribution in [-0.4, -0.2) is 43.8 Å². The molecule has 0 saturated heterocycles. The van der Waals surface area contributed by atoms with Gasteiger partial charge in [-0.25, -0.2) is 12.8 Å². The molecule has 1 atom stereocenters. The molecule has 38 heavy (non-hydrogen) atoms. The minimum Gasteiger partial charge on any atom is -0.352 e. The van der Waals surface area contributed by atoms with Crippen LogP contribution < -0.4 is 9.62 Å². The summed E-state index contributed by atoms with van der Waals surface area (Å²) < 4.78 is 42.1. The third-order valence-electron chi connectivity index (χ3n) is 6.25. The molecule has 9 heteroatoms. The first-order valence-corrected chi connectivity index (χ1v) is 13.8. The summed E-state index contributed by atoms with van der Waals surface area (Å²) >= 11 is 0. The Morgan fingerprint density at radius 1 is 0.895 bits per heavy atom. The number of hydrogen-bond acceptors (Lipinski definition) is 4. The molecule has 3 rings (SSSR count). The number of nitrogens with zero attached hydrogens (tertiary/aromatic N) is 2. The minimum absolute atomic E-state index is 0.00204. The predicted molar refractivity (Wildman–Crippen MR) is 147 cm³/mol. The molecule has 3 aromatic carbocycles. The SMILES string of the molecule is Cc1ccc(N(CC(=O)N(Cc2ccc(F)cc2)[C@H](C)C(=O)NC(C)C)S(=O)(=O)c2ccccc2)cc1C. The fourth-order valence-electron chi connectivity index (χ4n) is 3.90. The zero-order valence-corrected chi connectivity index (χ0v) is 23.1. The Labute approximate surface area is 224 Å². The first-order chi connectivity index (χ1) is 17.9. The van der Waals surface area contributed by atoms with Gasteiger partial charge in [0.15, 0.2) is 0 Å². The summed E-state index contributed by atoms with van der Waals surface area (Å²) in [7, 11) is -4.12. The van der Waals surface area contributed by atoms with Gasteiger partial charge in [-0.2, -0.15) is 0 Å². The van der Waals surface area contributed by atoms with Crippen molar-refractivity contribution in [3.8, 4) is 0 Å². The van der Waals surface area contributed by atoms with Crippen LogP contribution in [0.4, 0.5) is 10.1 Å². The molecule has 0 aromatic heterocycles. The maximum absolute atomic E-state index is 13.8. The quantitative estimate of drug-likeness (QED) is 0.409. The molecule has 0 bridgehead atoms. The summed E-state index contributed by atoms with van der Waals surface area (Å²) in [5, 5.41) is 2.80. The lowest BCUT2D eigenvalue weighted by Crippen LogP contribution is -2.52. The zero-order chi connectivity index (χ0) is 28.0. The molecule has 0 unspecified atom stereocenters. The van der Waals surface area contributed by atoms with E-state index in [4.69, 9.17) is 0 Å². The number of carbonyl (C=O) groups is 2. The molecule has 1 N–H and O–H groups in total. The van der Waals surface area contributed by atoms with Crippen molar-refractivity contribution in [3.63, 3.8) is 0 Å². The van der Waals surface area contributed by atoms with Gasteiger partial charge in [0.25, 0.3) is 10.0 Å². The van der Waals surface area contributed by atoms with Crippen LogP contribution in [-0.2, 0) is 26.2 Å². The first-order valence-electron chi connectivity index (χ1n) is 12.4.